The van der Waals surface area contributed by atoms with Crippen LogP contribution in [-0.2, 0) is 11.3 Å². The van der Waals surface area contributed by atoms with E-state index in [1.165, 1.54) is 0 Å². The third-order valence-electron chi connectivity index (χ3n) is 3.43. The van der Waals surface area contributed by atoms with Crippen molar-refractivity contribution >= 4 is 22.7 Å². The molecule has 0 aliphatic rings. The van der Waals surface area contributed by atoms with Gasteiger partial charge in [0.05, 0.1) is 6.61 Å². The van der Waals surface area contributed by atoms with Crippen LogP contribution < -0.4 is 10.6 Å². The Morgan fingerprint density at radius 3 is 2.74 bits per heavy atom. The van der Waals surface area contributed by atoms with E-state index in [9.17, 15) is 5.11 Å². The number of aliphatic hydroxyl groups is 1. The summed E-state index contributed by atoms with van der Waals surface area (Å²) < 4.78 is 7.39. The second kappa shape index (κ2) is 5.93. The minimum absolute atomic E-state index is 0.445. The van der Waals surface area contributed by atoms with Crippen molar-refractivity contribution in [1.29, 1.82) is 0 Å². The van der Waals surface area contributed by atoms with Crippen LogP contribution in [0.2, 0.25) is 0 Å². The quantitative estimate of drug-likeness (QED) is 0.913. The average molecular weight is 259 g/mol. The van der Waals surface area contributed by atoms with Gasteiger partial charge >= 0.3 is 0 Å². The highest BCUT2D eigenvalue weighted by Gasteiger charge is 2.09. The van der Waals surface area contributed by atoms with Crippen molar-refractivity contribution in [2.75, 3.05) is 13.7 Å². The number of benzene rings is 1. The van der Waals surface area contributed by atoms with Gasteiger partial charge in [-0.2, -0.15) is 0 Å². The molecular formula is C16H21NO2. The Labute approximate surface area is 113 Å². The Kier molecular flexibility index (Phi) is 4.27. The summed E-state index contributed by atoms with van der Waals surface area (Å²) in [5, 5.41) is 13.4. The van der Waals surface area contributed by atoms with Crippen molar-refractivity contribution in [3.05, 3.63) is 34.8 Å². The Morgan fingerprint density at radius 1 is 1.37 bits per heavy atom. The number of para-hydroxylation sites is 1. The predicted octanol–water partition coefficient (Wildman–Crippen LogP) is 2.16. The molecule has 0 bridgehead atoms. The molecule has 0 fully saturated rings. The SMILES string of the molecule is C/C=c1\c(=C(\O)CC)c2ccccc2n1CCOC. The van der Waals surface area contributed by atoms with Crippen LogP contribution in [0.1, 0.15) is 20.3 Å². The lowest BCUT2D eigenvalue weighted by molar-refractivity contribution is 0.187. The van der Waals surface area contributed by atoms with Crippen LogP contribution >= 0.6 is 0 Å². The van der Waals surface area contributed by atoms with Crippen molar-refractivity contribution in [1.82, 2.24) is 4.57 Å². The maximum atomic E-state index is 10.2. The monoisotopic (exact) mass is 259 g/mol. The van der Waals surface area contributed by atoms with Gasteiger partial charge in [0.2, 0.25) is 0 Å². The topological polar surface area (TPSA) is 34.4 Å². The molecule has 1 heterocycles. The van der Waals surface area contributed by atoms with Crippen molar-refractivity contribution in [2.24, 2.45) is 0 Å². The number of fused-ring (bicyclic) bond motifs is 1. The highest BCUT2D eigenvalue weighted by Crippen LogP contribution is 2.10. The molecule has 3 nitrogen and oxygen atoms in total. The number of methoxy groups -OCH3 is 1. The molecule has 0 amide bonds. The van der Waals surface area contributed by atoms with Gasteiger partial charge in [-0.1, -0.05) is 31.2 Å². The second-order valence-corrected chi connectivity index (χ2v) is 4.51. The van der Waals surface area contributed by atoms with Gasteiger partial charge in [-0.15, -0.1) is 0 Å². The third kappa shape index (κ3) is 2.38. The van der Waals surface area contributed by atoms with Crippen LogP contribution in [0.15, 0.2) is 24.3 Å². The van der Waals surface area contributed by atoms with E-state index in [0.717, 1.165) is 28.0 Å². The lowest BCUT2D eigenvalue weighted by Crippen LogP contribution is -2.31. The highest BCUT2D eigenvalue weighted by molar-refractivity contribution is 5.82. The highest BCUT2D eigenvalue weighted by atomic mass is 16.5. The molecular weight excluding hydrogens is 238 g/mol. The zero-order valence-electron chi connectivity index (χ0n) is 11.8. The van der Waals surface area contributed by atoms with Gasteiger partial charge in [0.1, 0.15) is 5.76 Å². The lowest BCUT2D eigenvalue weighted by Gasteiger charge is -2.04. The van der Waals surface area contributed by atoms with Gasteiger partial charge in [0, 0.05) is 41.5 Å². The standard InChI is InChI=1S/C16H21NO2/c1-4-13-16(15(18)5-2)12-8-6-7-9-14(12)17(13)10-11-19-3/h4,6-9,18H,5,10-11H2,1-3H3/b13-4+,16-15+. The number of hydrogen-bond acceptors (Lipinski definition) is 2. The molecule has 2 rings (SSSR count). The molecule has 102 valence electrons. The lowest BCUT2D eigenvalue weighted by atomic mass is 10.2. The van der Waals surface area contributed by atoms with Gasteiger partial charge in [-0.25, -0.2) is 0 Å². The second-order valence-electron chi connectivity index (χ2n) is 4.51. The summed E-state index contributed by atoms with van der Waals surface area (Å²) in [7, 11) is 1.71. The molecule has 0 spiro atoms. The van der Waals surface area contributed by atoms with E-state index in [-0.39, 0.29) is 0 Å². The van der Waals surface area contributed by atoms with E-state index in [4.69, 9.17) is 4.74 Å². The van der Waals surface area contributed by atoms with Crippen LogP contribution in [0.4, 0.5) is 0 Å². The fraction of sp³-hybridized carbons (Fsp3) is 0.375. The van der Waals surface area contributed by atoms with Gasteiger partial charge in [0.15, 0.2) is 0 Å². The first kappa shape index (κ1) is 13.7. The molecule has 0 radical (unpaired) electrons. The van der Waals surface area contributed by atoms with E-state index < -0.39 is 0 Å². The minimum Gasteiger partial charge on any atom is -0.512 e. The van der Waals surface area contributed by atoms with E-state index in [1.54, 1.807) is 7.11 Å². The summed E-state index contributed by atoms with van der Waals surface area (Å²) in [5.41, 5.74) is 1.14. The van der Waals surface area contributed by atoms with E-state index in [2.05, 4.69) is 22.8 Å². The summed E-state index contributed by atoms with van der Waals surface area (Å²) in [4.78, 5) is 0. The first-order chi connectivity index (χ1) is 9.24. The molecule has 0 saturated carbocycles. The number of nitrogens with zero attached hydrogens (tertiary/aromatic N) is 1. The summed E-state index contributed by atoms with van der Waals surface area (Å²) >= 11 is 0. The normalized spacial score (nSPS) is 14.2. The molecule has 1 N–H and O–H groups in total. The van der Waals surface area contributed by atoms with Crippen LogP contribution in [0.25, 0.3) is 22.7 Å². The number of ether oxygens (including phenoxy) is 1. The maximum absolute atomic E-state index is 10.2. The molecule has 0 unspecified atom stereocenters. The minimum atomic E-state index is 0.445. The molecule has 3 heteroatoms. The molecule has 0 aliphatic carbocycles. The van der Waals surface area contributed by atoms with Gasteiger partial charge in [-0.05, 0) is 13.0 Å². The molecule has 2 aromatic rings. The molecule has 0 saturated heterocycles. The summed E-state index contributed by atoms with van der Waals surface area (Å²) in [6, 6.07) is 8.18. The molecule has 0 aliphatic heterocycles. The third-order valence-corrected chi connectivity index (χ3v) is 3.43. The molecule has 1 aromatic heterocycles. The van der Waals surface area contributed by atoms with E-state index >= 15 is 0 Å². The zero-order valence-corrected chi connectivity index (χ0v) is 11.8. The Bertz CT molecular complexity index is 683. The van der Waals surface area contributed by atoms with Gasteiger partial charge < -0.3 is 14.4 Å². The van der Waals surface area contributed by atoms with Crippen molar-refractivity contribution in [2.45, 2.75) is 26.8 Å². The van der Waals surface area contributed by atoms with Crippen molar-refractivity contribution in [3.8, 4) is 0 Å². The first-order valence-electron chi connectivity index (χ1n) is 6.69. The number of aromatic nitrogens is 1. The fourth-order valence-electron chi connectivity index (χ4n) is 2.53. The van der Waals surface area contributed by atoms with E-state index in [0.29, 0.717) is 18.8 Å². The molecule has 0 atom stereocenters. The Balaban J connectivity index is 2.89. The van der Waals surface area contributed by atoms with Gasteiger partial charge in [-0.3, -0.25) is 0 Å². The van der Waals surface area contributed by atoms with Crippen LogP contribution in [-0.4, -0.2) is 23.4 Å². The summed E-state index contributed by atoms with van der Waals surface area (Å²) in [6.45, 7) is 5.42. The van der Waals surface area contributed by atoms with Gasteiger partial charge in [0.25, 0.3) is 0 Å². The molecule has 1 aromatic carbocycles. The van der Waals surface area contributed by atoms with E-state index in [1.807, 2.05) is 26.0 Å². The maximum Gasteiger partial charge on any atom is 0.102 e. The predicted molar refractivity (Wildman–Crippen MR) is 79.5 cm³/mol. The largest absolute Gasteiger partial charge is 0.512 e. The van der Waals surface area contributed by atoms with Crippen molar-refractivity contribution < 1.29 is 9.84 Å². The average Bonchev–Trinajstić information content (AvgIpc) is 2.77. The first-order valence-corrected chi connectivity index (χ1v) is 6.69. The van der Waals surface area contributed by atoms with Crippen LogP contribution in [0.3, 0.4) is 0 Å². The van der Waals surface area contributed by atoms with Crippen LogP contribution in [0.5, 0.6) is 0 Å². The van der Waals surface area contributed by atoms with Crippen molar-refractivity contribution in [3.63, 3.8) is 0 Å². The Hall–Kier alpha value is -1.74. The number of hydrogen-bond donors (Lipinski definition) is 1. The smallest absolute Gasteiger partial charge is 0.102 e. The number of rotatable bonds is 4. The summed E-state index contributed by atoms with van der Waals surface area (Å²) in [6.07, 6.45) is 2.69. The zero-order chi connectivity index (χ0) is 13.8. The summed E-state index contributed by atoms with van der Waals surface area (Å²) in [5.74, 6) is 0.445. The van der Waals surface area contributed by atoms with Crippen LogP contribution in [0, 0.1) is 0 Å². The molecule has 19 heavy (non-hydrogen) atoms. The number of aliphatic hydroxyl groups excluding tert-OH is 1. The Morgan fingerprint density at radius 2 is 2.11 bits per heavy atom. The fourth-order valence-corrected chi connectivity index (χ4v) is 2.53.